The highest BCUT2D eigenvalue weighted by Gasteiger charge is 2.29. The SMILES string of the molecule is C[C@@H](Oc1nc(C2=CCCCC2)cc2ncn(C)c12)[C@H]1CNC(=O)C1. The molecule has 1 N–H and O–H groups in total. The van der Waals surface area contributed by atoms with Crippen molar-refractivity contribution in [3.05, 3.63) is 24.2 Å². The number of carbonyl (C=O) groups is 1. The van der Waals surface area contributed by atoms with E-state index in [-0.39, 0.29) is 17.9 Å². The fourth-order valence-corrected chi connectivity index (χ4v) is 3.69. The molecule has 2 aromatic rings. The molecule has 1 saturated heterocycles. The first-order valence-electron chi connectivity index (χ1n) is 9.06. The summed E-state index contributed by atoms with van der Waals surface area (Å²) in [6, 6.07) is 2.06. The minimum atomic E-state index is -0.0832. The van der Waals surface area contributed by atoms with Crippen molar-refractivity contribution in [1.82, 2.24) is 19.9 Å². The zero-order chi connectivity index (χ0) is 17.4. The Labute approximate surface area is 147 Å². The molecule has 1 amide bonds. The van der Waals surface area contributed by atoms with Gasteiger partial charge in [0.2, 0.25) is 11.8 Å². The maximum atomic E-state index is 11.5. The monoisotopic (exact) mass is 340 g/mol. The van der Waals surface area contributed by atoms with E-state index in [9.17, 15) is 4.79 Å². The summed E-state index contributed by atoms with van der Waals surface area (Å²) in [6.45, 7) is 2.68. The van der Waals surface area contributed by atoms with E-state index >= 15 is 0 Å². The predicted octanol–water partition coefficient (Wildman–Crippen LogP) is 2.83. The zero-order valence-electron chi connectivity index (χ0n) is 14.8. The van der Waals surface area contributed by atoms with Crippen LogP contribution in [0.3, 0.4) is 0 Å². The van der Waals surface area contributed by atoms with Gasteiger partial charge in [-0.3, -0.25) is 4.79 Å². The van der Waals surface area contributed by atoms with Gasteiger partial charge in [-0.1, -0.05) is 6.08 Å². The highest BCUT2D eigenvalue weighted by atomic mass is 16.5. The largest absolute Gasteiger partial charge is 0.473 e. The molecule has 0 radical (unpaired) electrons. The third kappa shape index (κ3) is 3.13. The van der Waals surface area contributed by atoms with Crippen LogP contribution in [-0.4, -0.2) is 33.1 Å². The van der Waals surface area contributed by atoms with Crippen molar-refractivity contribution in [1.29, 1.82) is 0 Å². The van der Waals surface area contributed by atoms with E-state index in [4.69, 9.17) is 9.72 Å². The van der Waals surface area contributed by atoms with Crippen molar-refractivity contribution in [2.24, 2.45) is 13.0 Å². The molecule has 0 saturated carbocycles. The molecule has 2 aromatic heterocycles. The van der Waals surface area contributed by atoms with Crippen LogP contribution in [0, 0.1) is 5.92 Å². The average molecular weight is 340 g/mol. The van der Waals surface area contributed by atoms with Gasteiger partial charge in [-0.15, -0.1) is 0 Å². The van der Waals surface area contributed by atoms with Crippen molar-refractivity contribution < 1.29 is 9.53 Å². The van der Waals surface area contributed by atoms with Crippen LogP contribution in [0.25, 0.3) is 16.6 Å². The normalized spacial score (nSPS) is 21.9. The molecule has 6 heteroatoms. The molecule has 6 nitrogen and oxygen atoms in total. The summed E-state index contributed by atoms with van der Waals surface area (Å²) in [5, 5.41) is 2.88. The molecule has 0 bridgehead atoms. The third-order valence-corrected chi connectivity index (χ3v) is 5.25. The number of pyridine rings is 1. The number of ether oxygens (including phenoxy) is 1. The van der Waals surface area contributed by atoms with Gasteiger partial charge < -0.3 is 14.6 Å². The Morgan fingerprint density at radius 1 is 1.40 bits per heavy atom. The second-order valence-electron chi connectivity index (χ2n) is 7.10. The van der Waals surface area contributed by atoms with E-state index in [1.165, 1.54) is 18.4 Å². The maximum Gasteiger partial charge on any atom is 0.241 e. The number of nitrogens with zero attached hydrogens (tertiary/aromatic N) is 3. The Balaban J connectivity index is 1.69. The van der Waals surface area contributed by atoms with Gasteiger partial charge in [0.25, 0.3) is 0 Å². The van der Waals surface area contributed by atoms with Gasteiger partial charge in [-0.2, -0.15) is 0 Å². The minimum absolute atomic E-state index is 0.0832. The first kappa shape index (κ1) is 16.1. The lowest BCUT2D eigenvalue weighted by Crippen LogP contribution is -2.26. The number of imidazole rings is 1. The summed E-state index contributed by atoms with van der Waals surface area (Å²) in [4.78, 5) is 20.8. The predicted molar refractivity (Wildman–Crippen MR) is 96.2 cm³/mol. The van der Waals surface area contributed by atoms with Gasteiger partial charge in [0.15, 0.2) is 0 Å². The Hall–Kier alpha value is -2.37. The van der Waals surface area contributed by atoms with Crippen LogP contribution in [0.5, 0.6) is 5.88 Å². The molecule has 0 aromatic carbocycles. The van der Waals surface area contributed by atoms with E-state index in [1.54, 1.807) is 6.33 Å². The number of fused-ring (bicyclic) bond motifs is 1. The molecule has 0 spiro atoms. The molecule has 4 rings (SSSR count). The van der Waals surface area contributed by atoms with Crippen LogP contribution in [0.15, 0.2) is 18.5 Å². The summed E-state index contributed by atoms with van der Waals surface area (Å²) in [7, 11) is 1.95. The summed E-state index contributed by atoms with van der Waals surface area (Å²) in [5.41, 5.74) is 4.06. The number of amides is 1. The van der Waals surface area contributed by atoms with Gasteiger partial charge in [0.05, 0.1) is 17.5 Å². The fraction of sp³-hybridized carbons (Fsp3) is 0.526. The standard InChI is InChI=1S/C19H24N4O2/c1-12(14-8-17(24)20-10-14)25-19-18-16(21-11-23(18)2)9-15(22-19)13-6-4-3-5-7-13/h6,9,11-12,14H,3-5,7-8,10H2,1-2H3,(H,20,24)/t12-,14-/m1/s1. The first-order valence-corrected chi connectivity index (χ1v) is 9.06. The molecule has 3 heterocycles. The van der Waals surface area contributed by atoms with Gasteiger partial charge in [-0.05, 0) is 44.2 Å². The van der Waals surface area contributed by atoms with Gasteiger partial charge >= 0.3 is 0 Å². The molecule has 1 fully saturated rings. The lowest BCUT2D eigenvalue weighted by Gasteiger charge is -2.20. The zero-order valence-corrected chi connectivity index (χ0v) is 14.8. The van der Waals surface area contributed by atoms with Crippen LogP contribution in [0.2, 0.25) is 0 Å². The molecule has 25 heavy (non-hydrogen) atoms. The van der Waals surface area contributed by atoms with Crippen molar-refractivity contribution in [2.45, 2.75) is 45.1 Å². The van der Waals surface area contributed by atoms with Crippen LogP contribution in [0.4, 0.5) is 0 Å². The van der Waals surface area contributed by atoms with Crippen molar-refractivity contribution in [3.63, 3.8) is 0 Å². The number of hydrogen-bond acceptors (Lipinski definition) is 4. The van der Waals surface area contributed by atoms with E-state index in [1.807, 2.05) is 18.5 Å². The van der Waals surface area contributed by atoms with E-state index in [2.05, 4.69) is 22.4 Å². The summed E-state index contributed by atoms with van der Waals surface area (Å²) in [5.74, 6) is 0.890. The molecule has 132 valence electrons. The molecule has 0 unspecified atom stereocenters. The molecule has 1 aliphatic carbocycles. The number of allylic oxidation sites excluding steroid dienone is 2. The third-order valence-electron chi connectivity index (χ3n) is 5.25. The molecule has 1 aliphatic heterocycles. The van der Waals surface area contributed by atoms with Crippen LogP contribution < -0.4 is 10.1 Å². The topological polar surface area (TPSA) is 69.0 Å². The van der Waals surface area contributed by atoms with Crippen LogP contribution >= 0.6 is 0 Å². The van der Waals surface area contributed by atoms with Crippen molar-refractivity contribution in [2.75, 3.05) is 6.54 Å². The summed E-state index contributed by atoms with van der Waals surface area (Å²) in [6.07, 6.45) is 9.13. The average Bonchev–Trinajstić information content (AvgIpc) is 3.22. The van der Waals surface area contributed by atoms with Gasteiger partial charge in [0.1, 0.15) is 11.6 Å². The fourth-order valence-electron chi connectivity index (χ4n) is 3.69. The number of carbonyl (C=O) groups excluding carboxylic acids is 1. The maximum absolute atomic E-state index is 11.5. The van der Waals surface area contributed by atoms with Crippen molar-refractivity contribution >= 4 is 22.5 Å². The Morgan fingerprint density at radius 2 is 2.28 bits per heavy atom. The molecule has 2 atom stereocenters. The van der Waals surface area contributed by atoms with Gasteiger partial charge in [0, 0.05) is 25.9 Å². The highest BCUT2D eigenvalue weighted by molar-refractivity contribution is 5.84. The summed E-state index contributed by atoms with van der Waals surface area (Å²) < 4.78 is 8.19. The Kier molecular flexibility index (Phi) is 4.19. The second kappa shape index (κ2) is 6.50. The smallest absolute Gasteiger partial charge is 0.241 e. The lowest BCUT2D eigenvalue weighted by atomic mass is 9.97. The quantitative estimate of drug-likeness (QED) is 0.929. The number of rotatable bonds is 4. The Morgan fingerprint density at radius 3 is 3.00 bits per heavy atom. The molecule has 2 aliphatic rings. The minimum Gasteiger partial charge on any atom is -0.473 e. The highest BCUT2D eigenvalue weighted by Crippen LogP contribution is 2.32. The number of aryl methyl sites for hydroxylation is 1. The number of hydrogen-bond donors (Lipinski definition) is 1. The van der Waals surface area contributed by atoms with Crippen LogP contribution in [0.1, 0.15) is 44.7 Å². The molecular formula is C19H24N4O2. The number of nitrogens with one attached hydrogen (secondary N) is 1. The summed E-state index contributed by atoms with van der Waals surface area (Å²) >= 11 is 0. The van der Waals surface area contributed by atoms with E-state index in [0.29, 0.717) is 18.8 Å². The van der Waals surface area contributed by atoms with Crippen molar-refractivity contribution in [3.8, 4) is 5.88 Å². The molecular weight excluding hydrogens is 316 g/mol. The first-order chi connectivity index (χ1) is 12.1. The van der Waals surface area contributed by atoms with Crippen LogP contribution in [-0.2, 0) is 11.8 Å². The Bertz CT molecular complexity index is 839. The number of aromatic nitrogens is 3. The van der Waals surface area contributed by atoms with E-state index < -0.39 is 0 Å². The van der Waals surface area contributed by atoms with E-state index in [0.717, 1.165) is 29.6 Å². The second-order valence-corrected chi connectivity index (χ2v) is 7.10. The lowest BCUT2D eigenvalue weighted by molar-refractivity contribution is -0.119. The van der Waals surface area contributed by atoms with Gasteiger partial charge in [-0.25, -0.2) is 9.97 Å².